The maximum atomic E-state index is 12.4. The fourth-order valence-corrected chi connectivity index (χ4v) is 2.64. The highest BCUT2D eigenvalue weighted by atomic mass is 16.3. The average molecular weight is 368 g/mol. The Morgan fingerprint density at radius 1 is 1.22 bits per heavy atom. The molecule has 0 fully saturated rings. The third-order valence-electron chi connectivity index (χ3n) is 4.22. The van der Waals surface area contributed by atoms with Crippen LogP contribution in [0.15, 0.2) is 42.9 Å². The second-order valence-electron chi connectivity index (χ2n) is 6.67. The van der Waals surface area contributed by atoms with Gasteiger partial charge in [0.25, 0.3) is 5.91 Å². The lowest BCUT2D eigenvalue weighted by atomic mass is 10.1. The number of carbonyl (C=O) groups is 1. The molecule has 1 amide bonds. The number of pyridine rings is 2. The summed E-state index contributed by atoms with van der Waals surface area (Å²) < 4.78 is 1.67. The Labute approximate surface area is 157 Å². The number of fused-ring (bicyclic) bond motifs is 1. The maximum Gasteiger partial charge on any atom is 0.252 e. The fraction of sp³-hybridized carbons (Fsp3) is 0.368. The summed E-state index contributed by atoms with van der Waals surface area (Å²) in [5, 5.41) is 24.5. The molecule has 0 spiro atoms. The van der Waals surface area contributed by atoms with Crippen LogP contribution in [0.25, 0.3) is 5.65 Å². The summed E-state index contributed by atoms with van der Waals surface area (Å²) in [5.41, 5.74) is 2.06. The Kier molecular flexibility index (Phi) is 5.97. The number of aromatic nitrogens is 4. The number of hydrogen-bond acceptors (Lipinski definition) is 6. The summed E-state index contributed by atoms with van der Waals surface area (Å²) in [6.07, 6.45) is 5.20. The van der Waals surface area contributed by atoms with Crippen LogP contribution in [-0.2, 0) is 0 Å². The van der Waals surface area contributed by atoms with Gasteiger partial charge in [-0.3, -0.25) is 14.2 Å². The molecule has 3 rings (SSSR count). The number of nitrogens with one attached hydrogen (secondary N) is 2. The van der Waals surface area contributed by atoms with E-state index in [9.17, 15) is 9.90 Å². The molecule has 3 heterocycles. The summed E-state index contributed by atoms with van der Waals surface area (Å²) >= 11 is 0. The molecule has 8 nitrogen and oxygen atoms in total. The van der Waals surface area contributed by atoms with Crippen molar-refractivity contribution in [3.63, 3.8) is 0 Å². The molecule has 3 aromatic rings. The highest BCUT2D eigenvalue weighted by Gasteiger charge is 2.19. The Bertz CT molecular complexity index is 894. The Morgan fingerprint density at radius 3 is 2.81 bits per heavy atom. The van der Waals surface area contributed by atoms with Gasteiger partial charge in [0, 0.05) is 31.7 Å². The minimum atomic E-state index is -0.739. The van der Waals surface area contributed by atoms with Crippen LogP contribution >= 0.6 is 0 Å². The van der Waals surface area contributed by atoms with Crippen LogP contribution in [-0.4, -0.2) is 43.7 Å². The van der Waals surface area contributed by atoms with Gasteiger partial charge in [-0.15, -0.1) is 10.2 Å². The Balaban J connectivity index is 1.56. The molecule has 0 radical (unpaired) electrons. The van der Waals surface area contributed by atoms with E-state index in [1.807, 2.05) is 26.0 Å². The quantitative estimate of drug-likeness (QED) is 0.526. The van der Waals surface area contributed by atoms with Crippen LogP contribution in [0, 0.1) is 5.92 Å². The lowest BCUT2D eigenvalue weighted by Crippen LogP contribution is -2.26. The molecular weight excluding hydrogens is 344 g/mol. The van der Waals surface area contributed by atoms with Gasteiger partial charge < -0.3 is 15.7 Å². The molecule has 27 heavy (non-hydrogen) atoms. The molecule has 0 bridgehead atoms. The van der Waals surface area contributed by atoms with Crippen LogP contribution in [0.4, 0.5) is 5.69 Å². The number of aliphatic hydroxyl groups excluding tert-OH is 1. The fourth-order valence-electron chi connectivity index (χ4n) is 2.64. The lowest BCUT2D eigenvalue weighted by Gasteiger charge is -2.12. The van der Waals surface area contributed by atoms with E-state index in [1.165, 1.54) is 0 Å². The standard InChI is InChI=1S/C19H24N6O2/c1-13(2)17(26)18-24-23-16-7-6-14(12-25(16)18)19(27)22-10-4-9-21-15-5-3-8-20-11-15/h3,5-8,11-13,17,21,26H,4,9-10H2,1-2H3,(H,22,27). The van der Waals surface area contributed by atoms with Crippen molar-refractivity contribution in [3.8, 4) is 0 Å². The molecule has 8 heteroatoms. The van der Waals surface area contributed by atoms with Gasteiger partial charge in [0.2, 0.25) is 0 Å². The van der Waals surface area contributed by atoms with Gasteiger partial charge >= 0.3 is 0 Å². The van der Waals surface area contributed by atoms with Gasteiger partial charge in [-0.05, 0) is 36.6 Å². The summed E-state index contributed by atoms with van der Waals surface area (Å²) in [6, 6.07) is 7.25. The first-order chi connectivity index (χ1) is 13.1. The van der Waals surface area contributed by atoms with Crippen molar-refractivity contribution < 1.29 is 9.90 Å². The first-order valence-electron chi connectivity index (χ1n) is 9.01. The number of carbonyl (C=O) groups excluding carboxylic acids is 1. The number of nitrogens with zero attached hydrogens (tertiary/aromatic N) is 4. The van der Waals surface area contributed by atoms with Crippen molar-refractivity contribution in [2.24, 2.45) is 5.92 Å². The zero-order valence-corrected chi connectivity index (χ0v) is 15.5. The van der Waals surface area contributed by atoms with Crippen LogP contribution in [0.2, 0.25) is 0 Å². The van der Waals surface area contributed by atoms with Crippen molar-refractivity contribution in [3.05, 3.63) is 54.2 Å². The van der Waals surface area contributed by atoms with Gasteiger partial charge in [-0.2, -0.15) is 0 Å². The number of rotatable bonds is 8. The molecule has 0 saturated carbocycles. The lowest BCUT2D eigenvalue weighted by molar-refractivity contribution is 0.0952. The molecule has 0 saturated heterocycles. The molecule has 0 aliphatic rings. The van der Waals surface area contributed by atoms with Gasteiger partial charge in [0.1, 0.15) is 6.10 Å². The molecule has 1 unspecified atom stereocenters. The molecule has 0 aromatic carbocycles. The maximum absolute atomic E-state index is 12.4. The molecule has 0 aliphatic heterocycles. The Morgan fingerprint density at radius 2 is 2.07 bits per heavy atom. The summed E-state index contributed by atoms with van der Waals surface area (Å²) in [4.78, 5) is 16.4. The predicted octanol–water partition coefficient (Wildman–Crippen LogP) is 2.05. The largest absolute Gasteiger partial charge is 0.385 e. The molecule has 142 valence electrons. The van der Waals surface area contributed by atoms with Crippen molar-refractivity contribution in [2.45, 2.75) is 26.4 Å². The van der Waals surface area contributed by atoms with E-state index in [0.717, 1.165) is 18.7 Å². The van der Waals surface area contributed by atoms with Crippen molar-refractivity contribution in [2.75, 3.05) is 18.4 Å². The van der Waals surface area contributed by atoms with E-state index in [0.29, 0.717) is 23.6 Å². The zero-order chi connectivity index (χ0) is 19.2. The first kappa shape index (κ1) is 18.8. The van der Waals surface area contributed by atoms with Crippen molar-refractivity contribution in [1.29, 1.82) is 0 Å². The second kappa shape index (κ2) is 8.59. The minimum Gasteiger partial charge on any atom is -0.385 e. The van der Waals surface area contributed by atoms with Crippen molar-refractivity contribution in [1.82, 2.24) is 24.9 Å². The summed E-state index contributed by atoms with van der Waals surface area (Å²) in [5.74, 6) is 0.273. The highest BCUT2D eigenvalue weighted by Crippen LogP contribution is 2.20. The van der Waals surface area contributed by atoms with E-state index < -0.39 is 6.10 Å². The number of anilines is 1. The Hall–Kier alpha value is -3.00. The van der Waals surface area contributed by atoms with Crippen LogP contribution < -0.4 is 10.6 Å². The van der Waals surface area contributed by atoms with Crippen LogP contribution in [0.3, 0.4) is 0 Å². The van der Waals surface area contributed by atoms with E-state index in [4.69, 9.17) is 0 Å². The number of aliphatic hydroxyl groups is 1. The molecule has 1 atom stereocenters. The number of hydrogen-bond donors (Lipinski definition) is 3. The van der Waals surface area contributed by atoms with Gasteiger partial charge in [0.15, 0.2) is 11.5 Å². The van der Waals surface area contributed by atoms with Crippen LogP contribution in [0.5, 0.6) is 0 Å². The monoisotopic (exact) mass is 368 g/mol. The van der Waals surface area contributed by atoms with E-state index in [2.05, 4.69) is 25.8 Å². The minimum absolute atomic E-state index is 0.00203. The zero-order valence-electron chi connectivity index (χ0n) is 15.5. The smallest absolute Gasteiger partial charge is 0.252 e. The van der Waals surface area contributed by atoms with Gasteiger partial charge in [-0.25, -0.2) is 0 Å². The van der Waals surface area contributed by atoms with Crippen LogP contribution in [0.1, 0.15) is 42.6 Å². The normalized spacial score (nSPS) is 12.3. The second-order valence-corrected chi connectivity index (χ2v) is 6.67. The van der Waals surface area contributed by atoms with Crippen molar-refractivity contribution >= 4 is 17.2 Å². The van der Waals surface area contributed by atoms with Gasteiger partial charge in [-0.1, -0.05) is 13.8 Å². The first-order valence-corrected chi connectivity index (χ1v) is 9.01. The molecular formula is C19H24N6O2. The van der Waals surface area contributed by atoms with Gasteiger partial charge in [0.05, 0.1) is 11.3 Å². The van der Waals surface area contributed by atoms with E-state index in [-0.39, 0.29) is 11.8 Å². The predicted molar refractivity (Wildman–Crippen MR) is 102 cm³/mol. The average Bonchev–Trinajstić information content (AvgIpc) is 3.10. The molecule has 0 aliphatic carbocycles. The van der Waals surface area contributed by atoms with E-state index in [1.54, 1.807) is 35.1 Å². The SMILES string of the molecule is CC(C)C(O)c1nnc2ccc(C(=O)NCCCNc3cccnc3)cn12. The molecule has 3 N–H and O–H groups in total. The number of amides is 1. The summed E-state index contributed by atoms with van der Waals surface area (Å²) in [6.45, 7) is 5.10. The highest BCUT2D eigenvalue weighted by molar-refractivity contribution is 5.94. The topological polar surface area (TPSA) is 104 Å². The third-order valence-corrected chi connectivity index (χ3v) is 4.22. The summed E-state index contributed by atoms with van der Waals surface area (Å²) in [7, 11) is 0. The van der Waals surface area contributed by atoms with E-state index >= 15 is 0 Å². The molecule has 3 aromatic heterocycles. The third kappa shape index (κ3) is 4.59.